The zero-order chi connectivity index (χ0) is 15.9. The molecule has 1 unspecified atom stereocenters. The van der Waals surface area contributed by atoms with Crippen molar-refractivity contribution in [1.29, 1.82) is 0 Å². The molecule has 1 aromatic carbocycles. The highest BCUT2D eigenvalue weighted by atomic mass is 16.4. The van der Waals surface area contributed by atoms with Gasteiger partial charge in [-0.2, -0.15) is 0 Å². The number of para-hydroxylation sites is 1. The molecule has 0 aliphatic heterocycles. The third kappa shape index (κ3) is 1.93. The van der Waals surface area contributed by atoms with Gasteiger partial charge in [0.2, 0.25) is 0 Å². The van der Waals surface area contributed by atoms with Gasteiger partial charge in [0.25, 0.3) is 0 Å². The number of hydrogen-bond donors (Lipinski definition) is 1. The maximum atomic E-state index is 11.6. The Labute approximate surface area is 127 Å². The van der Waals surface area contributed by atoms with Crippen molar-refractivity contribution in [2.75, 3.05) is 0 Å². The highest BCUT2D eigenvalue weighted by molar-refractivity contribution is 5.96. The number of benzene rings is 1. The first kappa shape index (κ1) is 14.1. The standard InChI is InChI=1S/C18H15NO3/c1-11-16(13-7-3-4-9-15(13)19(11)2)17-12(10-20)6-5-8-14(17)18(21)22/h3-9,17H,1-2H3,(H,21,22). The number of carbonyl (C=O) groups is 1. The summed E-state index contributed by atoms with van der Waals surface area (Å²) in [5.41, 5.74) is 3.36. The van der Waals surface area contributed by atoms with Crippen molar-refractivity contribution in [3.63, 3.8) is 0 Å². The molecule has 4 nitrogen and oxygen atoms in total. The maximum Gasteiger partial charge on any atom is 0.332 e. The molecule has 110 valence electrons. The summed E-state index contributed by atoms with van der Waals surface area (Å²) in [4.78, 5) is 22.9. The average molecular weight is 293 g/mol. The molecule has 1 N–H and O–H groups in total. The molecule has 1 heterocycles. The van der Waals surface area contributed by atoms with Crippen LogP contribution in [0.2, 0.25) is 0 Å². The number of fused-ring (bicyclic) bond motifs is 1. The molecule has 1 atom stereocenters. The zero-order valence-electron chi connectivity index (χ0n) is 12.3. The van der Waals surface area contributed by atoms with Crippen molar-refractivity contribution in [2.45, 2.75) is 12.8 Å². The molecule has 0 fully saturated rings. The molecular weight excluding hydrogens is 278 g/mol. The van der Waals surface area contributed by atoms with Gasteiger partial charge in [0.05, 0.1) is 5.92 Å². The van der Waals surface area contributed by atoms with Crippen molar-refractivity contribution in [3.05, 3.63) is 64.9 Å². The van der Waals surface area contributed by atoms with Crippen molar-refractivity contribution < 1.29 is 14.7 Å². The molecule has 22 heavy (non-hydrogen) atoms. The van der Waals surface area contributed by atoms with Crippen LogP contribution in [0.1, 0.15) is 17.2 Å². The summed E-state index contributed by atoms with van der Waals surface area (Å²) in [5.74, 6) is 0.294. The van der Waals surface area contributed by atoms with Gasteiger partial charge < -0.3 is 9.67 Å². The van der Waals surface area contributed by atoms with Crippen LogP contribution < -0.4 is 0 Å². The van der Waals surface area contributed by atoms with Gasteiger partial charge in [-0.25, -0.2) is 9.59 Å². The quantitative estimate of drug-likeness (QED) is 0.866. The molecular formula is C18H15NO3. The molecule has 4 heteroatoms. The summed E-state index contributed by atoms with van der Waals surface area (Å²) in [6.45, 7) is 1.94. The van der Waals surface area contributed by atoms with Crippen LogP contribution in [-0.2, 0) is 16.6 Å². The minimum atomic E-state index is -1.02. The molecule has 0 saturated carbocycles. The van der Waals surface area contributed by atoms with Gasteiger partial charge in [-0.1, -0.05) is 30.4 Å². The van der Waals surface area contributed by atoms with E-state index in [1.54, 1.807) is 18.2 Å². The Hall–Kier alpha value is -2.84. The largest absolute Gasteiger partial charge is 0.478 e. The van der Waals surface area contributed by atoms with Gasteiger partial charge in [-0.15, -0.1) is 0 Å². The molecule has 0 spiro atoms. The first-order valence-electron chi connectivity index (χ1n) is 6.96. The number of aromatic nitrogens is 1. The SMILES string of the molecule is Cc1c(C2C(=C=O)C=CC=C2C(=O)O)c2ccccc2n1C. The Morgan fingerprint density at radius 2 is 2.05 bits per heavy atom. The summed E-state index contributed by atoms with van der Waals surface area (Å²) >= 11 is 0. The van der Waals surface area contributed by atoms with Gasteiger partial charge in [0.1, 0.15) is 5.94 Å². The lowest BCUT2D eigenvalue weighted by Gasteiger charge is -2.20. The molecule has 1 aliphatic rings. The van der Waals surface area contributed by atoms with Crippen molar-refractivity contribution in [3.8, 4) is 0 Å². The monoisotopic (exact) mass is 293 g/mol. The fourth-order valence-electron chi connectivity index (χ4n) is 3.13. The van der Waals surface area contributed by atoms with E-state index in [9.17, 15) is 14.7 Å². The van der Waals surface area contributed by atoms with Crippen molar-refractivity contribution in [2.24, 2.45) is 7.05 Å². The molecule has 3 rings (SSSR count). The smallest absolute Gasteiger partial charge is 0.332 e. The summed E-state index contributed by atoms with van der Waals surface area (Å²) in [6, 6.07) is 7.80. The Morgan fingerprint density at radius 3 is 2.73 bits per heavy atom. The summed E-state index contributed by atoms with van der Waals surface area (Å²) in [7, 11) is 1.94. The summed E-state index contributed by atoms with van der Waals surface area (Å²) in [5, 5.41) is 10.5. The van der Waals surface area contributed by atoms with Gasteiger partial charge in [0, 0.05) is 34.8 Å². The van der Waals surface area contributed by atoms with Gasteiger partial charge >= 0.3 is 5.97 Å². The predicted octanol–water partition coefficient (Wildman–Crippen LogP) is 2.91. The fourth-order valence-corrected chi connectivity index (χ4v) is 3.13. The normalized spacial score (nSPS) is 17.5. The van der Waals surface area contributed by atoms with Crippen LogP contribution in [-0.4, -0.2) is 21.6 Å². The Balaban J connectivity index is 2.36. The fraction of sp³-hybridized carbons (Fsp3) is 0.167. The lowest BCUT2D eigenvalue weighted by atomic mass is 9.81. The van der Waals surface area contributed by atoms with Crippen molar-refractivity contribution in [1.82, 2.24) is 4.57 Å². The van der Waals surface area contributed by atoms with E-state index in [2.05, 4.69) is 0 Å². The highest BCUT2D eigenvalue weighted by Gasteiger charge is 2.31. The Bertz CT molecular complexity index is 892. The van der Waals surface area contributed by atoms with Gasteiger partial charge in [-0.05, 0) is 24.6 Å². The Morgan fingerprint density at radius 1 is 1.32 bits per heavy atom. The zero-order valence-corrected chi connectivity index (χ0v) is 12.3. The Kier molecular flexibility index (Phi) is 3.32. The second-order valence-electron chi connectivity index (χ2n) is 5.35. The topological polar surface area (TPSA) is 59.3 Å². The lowest BCUT2D eigenvalue weighted by Crippen LogP contribution is -2.16. The number of carboxylic acid groups (broad SMARTS) is 1. The number of rotatable bonds is 2. The molecule has 0 amide bonds. The maximum absolute atomic E-state index is 11.6. The number of aliphatic carboxylic acids is 1. The number of nitrogens with zero attached hydrogens (tertiary/aromatic N) is 1. The van der Waals surface area contributed by atoms with E-state index in [-0.39, 0.29) is 5.57 Å². The molecule has 0 saturated heterocycles. The number of allylic oxidation sites excluding steroid dienone is 4. The van der Waals surface area contributed by atoms with Crippen LogP contribution in [0, 0.1) is 6.92 Å². The first-order chi connectivity index (χ1) is 10.6. The van der Waals surface area contributed by atoms with Gasteiger partial charge in [-0.3, -0.25) is 0 Å². The summed E-state index contributed by atoms with van der Waals surface area (Å²) in [6.07, 6.45) is 4.76. The van der Waals surface area contributed by atoms with E-state index >= 15 is 0 Å². The predicted molar refractivity (Wildman–Crippen MR) is 84.5 cm³/mol. The second-order valence-corrected chi connectivity index (χ2v) is 5.35. The molecule has 0 bridgehead atoms. The second kappa shape index (κ2) is 5.17. The van der Waals surface area contributed by atoms with Crippen LogP contribution in [0.3, 0.4) is 0 Å². The van der Waals surface area contributed by atoms with E-state index in [1.165, 1.54) is 0 Å². The van der Waals surface area contributed by atoms with Gasteiger partial charge in [0.15, 0.2) is 0 Å². The lowest BCUT2D eigenvalue weighted by molar-refractivity contribution is -0.132. The van der Waals surface area contributed by atoms with E-state index < -0.39 is 11.9 Å². The number of carboxylic acids is 1. The number of hydrogen-bond acceptors (Lipinski definition) is 2. The highest BCUT2D eigenvalue weighted by Crippen LogP contribution is 2.40. The third-order valence-corrected chi connectivity index (χ3v) is 4.28. The summed E-state index contributed by atoms with van der Waals surface area (Å²) < 4.78 is 2.02. The van der Waals surface area contributed by atoms with E-state index in [0.29, 0.717) is 5.57 Å². The van der Waals surface area contributed by atoms with Crippen LogP contribution >= 0.6 is 0 Å². The van der Waals surface area contributed by atoms with Crippen LogP contribution in [0.15, 0.2) is 53.6 Å². The van der Waals surface area contributed by atoms with Crippen LogP contribution in [0.4, 0.5) is 0 Å². The molecule has 2 aromatic rings. The number of aryl methyl sites for hydroxylation is 1. The minimum absolute atomic E-state index is 0.195. The van der Waals surface area contributed by atoms with E-state index in [0.717, 1.165) is 22.2 Å². The molecule has 1 aromatic heterocycles. The van der Waals surface area contributed by atoms with Crippen LogP contribution in [0.5, 0.6) is 0 Å². The third-order valence-electron chi connectivity index (χ3n) is 4.28. The minimum Gasteiger partial charge on any atom is -0.478 e. The van der Waals surface area contributed by atoms with E-state index in [1.807, 2.05) is 48.7 Å². The average Bonchev–Trinajstić information content (AvgIpc) is 2.78. The molecule has 1 aliphatic carbocycles. The molecule has 0 radical (unpaired) electrons. The number of carbonyl (C=O) groups excluding carboxylic acids is 1. The van der Waals surface area contributed by atoms with Crippen molar-refractivity contribution >= 4 is 22.8 Å². The van der Waals surface area contributed by atoms with E-state index in [4.69, 9.17) is 0 Å². The van der Waals surface area contributed by atoms with Crippen LogP contribution in [0.25, 0.3) is 10.9 Å². The first-order valence-corrected chi connectivity index (χ1v) is 6.96.